The van der Waals surface area contributed by atoms with Gasteiger partial charge >= 0.3 is 0 Å². The molecule has 5 nitrogen and oxygen atoms in total. The third-order valence-electron chi connectivity index (χ3n) is 2.86. The summed E-state index contributed by atoms with van der Waals surface area (Å²) in [6, 6.07) is 2.12. The third kappa shape index (κ3) is 5.14. The molecule has 0 fully saturated rings. The number of methoxy groups -OCH3 is 1. The lowest BCUT2D eigenvalue weighted by Crippen LogP contribution is -2.31. The first-order chi connectivity index (χ1) is 9.26. The van der Waals surface area contributed by atoms with Gasteiger partial charge in [-0.2, -0.15) is 0 Å². The predicted octanol–water partition coefficient (Wildman–Crippen LogP) is 1.87. The Hall–Kier alpha value is -0.470. The van der Waals surface area contributed by atoms with Gasteiger partial charge in [0, 0.05) is 36.0 Å². The monoisotopic (exact) mass is 320 g/mol. The van der Waals surface area contributed by atoms with Gasteiger partial charge in [-0.1, -0.05) is 13.8 Å². The summed E-state index contributed by atoms with van der Waals surface area (Å²) in [7, 11) is -1.90. The second kappa shape index (κ2) is 7.51. The average Bonchev–Trinajstić information content (AvgIpc) is 2.75. The molecule has 1 heterocycles. The van der Waals surface area contributed by atoms with Gasteiger partial charge in [0.25, 0.3) is 0 Å². The average molecular weight is 320 g/mol. The van der Waals surface area contributed by atoms with Crippen LogP contribution in [-0.4, -0.2) is 34.2 Å². The molecular weight excluding hydrogens is 296 g/mol. The van der Waals surface area contributed by atoms with Gasteiger partial charge in [-0.05, 0) is 19.9 Å². The van der Waals surface area contributed by atoms with E-state index in [2.05, 4.69) is 23.9 Å². The van der Waals surface area contributed by atoms with Gasteiger partial charge < -0.3 is 10.1 Å². The van der Waals surface area contributed by atoms with E-state index in [1.54, 1.807) is 13.2 Å². The van der Waals surface area contributed by atoms with Gasteiger partial charge in [0.2, 0.25) is 10.0 Å². The van der Waals surface area contributed by atoms with Gasteiger partial charge in [-0.3, -0.25) is 0 Å². The van der Waals surface area contributed by atoms with E-state index >= 15 is 0 Å². The van der Waals surface area contributed by atoms with Crippen molar-refractivity contribution in [2.75, 3.05) is 13.7 Å². The van der Waals surface area contributed by atoms with E-state index in [0.29, 0.717) is 17.5 Å². The summed E-state index contributed by atoms with van der Waals surface area (Å²) in [5, 5.41) is 3.29. The van der Waals surface area contributed by atoms with Crippen molar-refractivity contribution in [1.82, 2.24) is 10.0 Å². The molecule has 0 aliphatic rings. The first kappa shape index (κ1) is 17.6. The lowest BCUT2D eigenvalue weighted by Gasteiger charge is -2.11. The molecule has 0 bridgehead atoms. The Labute approximate surface area is 125 Å². The maximum atomic E-state index is 12.2. The van der Waals surface area contributed by atoms with Crippen LogP contribution in [0.25, 0.3) is 0 Å². The Bertz CT molecular complexity index is 524. The van der Waals surface area contributed by atoms with Crippen molar-refractivity contribution in [1.29, 1.82) is 0 Å². The van der Waals surface area contributed by atoms with E-state index in [1.807, 2.05) is 13.8 Å². The highest BCUT2D eigenvalue weighted by Crippen LogP contribution is 2.25. The van der Waals surface area contributed by atoms with E-state index in [9.17, 15) is 8.42 Å². The minimum atomic E-state index is -3.46. The van der Waals surface area contributed by atoms with E-state index in [0.717, 1.165) is 9.75 Å². The highest BCUT2D eigenvalue weighted by molar-refractivity contribution is 7.89. The normalized spacial score (nSPS) is 13.9. The summed E-state index contributed by atoms with van der Waals surface area (Å²) in [5.41, 5.74) is 0. The van der Waals surface area contributed by atoms with Crippen LogP contribution in [0.3, 0.4) is 0 Å². The molecule has 2 N–H and O–H groups in total. The Morgan fingerprint density at radius 1 is 1.35 bits per heavy atom. The van der Waals surface area contributed by atoms with Crippen LogP contribution in [0.2, 0.25) is 0 Å². The van der Waals surface area contributed by atoms with Crippen LogP contribution < -0.4 is 10.0 Å². The molecule has 0 saturated heterocycles. The predicted molar refractivity (Wildman–Crippen MR) is 82.7 cm³/mol. The minimum absolute atomic E-state index is 0.147. The van der Waals surface area contributed by atoms with Crippen molar-refractivity contribution in [3.63, 3.8) is 0 Å². The molecule has 0 aliphatic carbocycles. The fourth-order valence-corrected chi connectivity index (χ4v) is 4.27. The largest absolute Gasteiger partial charge is 0.380 e. The second-order valence-corrected chi connectivity index (χ2v) is 8.14. The molecule has 0 aromatic carbocycles. The van der Waals surface area contributed by atoms with Crippen LogP contribution in [0.4, 0.5) is 0 Å². The van der Waals surface area contributed by atoms with E-state index in [4.69, 9.17) is 4.74 Å². The van der Waals surface area contributed by atoms with Crippen molar-refractivity contribution in [2.24, 2.45) is 0 Å². The highest BCUT2D eigenvalue weighted by Gasteiger charge is 2.20. The minimum Gasteiger partial charge on any atom is -0.380 e. The number of aryl methyl sites for hydroxylation is 1. The molecule has 0 aliphatic heterocycles. The van der Waals surface area contributed by atoms with E-state index < -0.39 is 10.0 Å². The topological polar surface area (TPSA) is 67.4 Å². The molecule has 0 amide bonds. The van der Waals surface area contributed by atoms with Crippen LogP contribution in [-0.2, 0) is 21.3 Å². The van der Waals surface area contributed by atoms with Crippen LogP contribution in [0.1, 0.15) is 30.5 Å². The summed E-state index contributed by atoms with van der Waals surface area (Å²) in [6.07, 6.45) is -0.147. The molecule has 0 saturated carbocycles. The number of sulfonamides is 1. The van der Waals surface area contributed by atoms with E-state index in [-0.39, 0.29) is 12.6 Å². The number of rotatable bonds is 8. The summed E-state index contributed by atoms with van der Waals surface area (Å²) in [6.45, 7) is 8.73. The van der Waals surface area contributed by atoms with Gasteiger partial charge in [0.15, 0.2) is 0 Å². The smallest absolute Gasteiger partial charge is 0.241 e. The molecule has 1 unspecified atom stereocenters. The van der Waals surface area contributed by atoms with Crippen LogP contribution >= 0.6 is 11.3 Å². The van der Waals surface area contributed by atoms with Gasteiger partial charge in [0.05, 0.1) is 11.0 Å². The fraction of sp³-hybridized carbons (Fsp3) is 0.692. The lowest BCUT2D eigenvalue weighted by molar-refractivity contribution is 0.122. The fourth-order valence-electron chi connectivity index (χ4n) is 1.57. The number of nitrogens with one attached hydrogen (secondary N) is 2. The molecule has 0 radical (unpaired) electrons. The zero-order valence-corrected chi connectivity index (χ0v) is 14.3. The molecule has 1 aromatic heterocycles. The maximum Gasteiger partial charge on any atom is 0.241 e. The molecule has 20 heavy (non-hydrogen) atoms. The number of thiophene rings is 1. The molecule has 7 heteroatoms. The van der Waals surface area contributed by atoms with Gasteiger partial charge in [0.1, 0.15) is 0 Å². The molecule has 0 spiro atoms. The molecule has 116 valence electrons. The number of ether oxygens (including phenoxy) is 1. The van der Waals surface area contributed by atoms with Crippen molar-refractivity contribution in [3.8, 4) is 0 Å². The first-order valence-electron chi connectivity index (χ1n) is 6.61. The Morgan fingerprint density at radius 2 is 2.00 bits per heavy atom. The zero-order chi connectivity index (χ0) is 15.3. The van der Waals surface area contributed by atoms with Crippen molar-refractivity contribution in [3.05, 3.63) is 15.8 Å². The highest BCUT2D eigenvalue weighted by atomic mass is 32.2. The van der Waals surface area contributed by atoms with Gasteiger partial charge in [-0.15, -0.1) is 11.3 Å². The molecule has 1 aromatic rings. The summed E-state index contributed by atoms with van der Waals surface area (Å²) in [4.78, 5) is 2.20. The quantitative estimate of drug-likeness (QED) is 0.767. The lowest BCUT2D eigenvalue weighted by atomic mass is 10.3. The van der Waals surface area contributed by atoms with Crippen LogP contribution in [0, 0.1) is 6.92 Å². The zero-order valence-electron chi connectivity index (χ0n) is 12.7. The number of hydrogen-bond acceptors (Lipinski definition) is 5. The number of hydrogen-bond donors (Lipinski definition) is 2. The Morgan fingerprint density at radius 3 is 2.55 bits per heavy atom. The Kier molecular flexibility index (Phi) is 6.60. The molecular formula is C13H24N2O3S2. The first-order valence-corrected chi connectivity index (χ1v) is 8.91. The summed E-state index contributed by atoms with van der Waals surface area (Å²) >= 11 is 1.51. The third-order valence-corrected chi connectivity index (χ3v) is 5.59. The Balaban J connectivity index is 2.79. The van der Waals surface area contributed by atoms with Crippen LogP contribution in [0.15, 0.2) is 11.0 Å². The molecule has 1 atom stereocenters. The maximum absolute atomic E-state index is 12.2. The van der Waals surface area contributed by atoms with Crippen molar-refractivity contribution >= 4 is 21.4 Å². The summed E-state index contributed by atoms with van der Waals surface area (Å²) in [5.74, 6) is 0. The summed E-state index contributed by atoms with van der Waals surface area (Å²) < 4.78 is 32.1. The van der Waals surface area contributed by atoms with Crippen LogP contribution in [0.5, 0.6) is 0 Å². The second-order valence-electron chi connectivity index (χ2n) is 5.07. The van der Waals surface area contributed by atoms with E-state index in [1.165, 1.54) is 11.3 Å². The van der Waals surface area contributed by atoms with Crippen molar-refractivity contribution < 1.29 is 13.2 Å². The standard InChI is InChI=1S/C13H24N2O3S2/c1-9(2)14-8-12-6-13(11(4)19-12)20(16,17)15-7-10(3)18-5/h6,9-10,14-15H,7-8H2,1-5H3. The molecule has 1 rings (SSSR count). The van der Waals surface area contributed by atoms with Crippen molar-refractivity contribution in [2.45, 2.75) is 51.3 Å². The SMILES string of the molecule is COC(C)CNS(=O)(=O)c1cc(CNC(C)C)sc1C. The van der Waals surface area contributed by atoms with Gasteiger partial charge in [-0.25, -0.2) is 13.1 Å².